The van der Waals surface area contributed by atoms with Crippen LogP contribution >= 0.6 is 11.6 Å². The van der Waals surface area contributed by atoms with Crippen LogP contribution in [0.25, 0.3) is 11.0 Å². The largest absolute Gasteiger partial charge is 0.460 e. The van der Waals surface area contributed by atoms with Crippen LogP contribution in [-0.4, -0.2) is 5.97 Å². The Balaban J connectivity index is 1.60. The molecule has 0 bridgehead atoms. The van der Waals surface area contributed by atoms with Gasteiger partial charge in [0.15, 0.2) is 0 Å². The molecule has 5 nitrogen and oxygen atoms in total. The zero-order valence-corrected chi connectivity index (χ0v) is 15.5. The van der Waals surface area contributed by atoms with Crippen molar-refractivity contribution in [2.45, 2.75) is 0 Å². The molecule has 0 spiro atoms. The SMILES string of the molecule is O=C(Oc1ccc2c(=O)c(Oc3ccccc3Cl)coc2c1)c1ccc(F)cc1. The maximum atomic E-state index is 13.0. The molecule has 0 fully saturated rings. The number of benzene rings is 3. The van der Waals surface area contributed by atoms with Gasteiger partial charge in [-0.05, 0) is 48.5 Å². The maximum Gasteiger partial charge on any atom is 0.343 e. The van der Waals surface area contributed by atoms with Crippen LogP contribution in [-0.2, 0) is 0 Å². The van der Waals surface area contributed by atoms with Crippen molar-refractivity contribution in [3.8, 4) is 17.2 Å². The van der Waals surface area contributed by atoms with E-state index < -0.39 is 17.2 Å². The number of hydrogen-bond acceptors (Lipinski definition) is 5. The minimum absolute atomic E-state index is 0.0262. The quantitative estimate of drug-likeness (QED) is 0.324. The summed E-state index contributed by atoms with van der Waals surface area (Å²) in [5.74, 6) is -0.642. The molecule has 0 unspecified atom stereocenters. The molecule has 0 amide bonds. The molecule has 1 aromatic heterocycles. The van der Waals surface area contributed by atoms with Gasteiger partial charge < -0.3 is 13.9 Å². The summed E-state index contributed by atoms with van der Waals surface area (Å²) in [4.78, 5) is 24.8. The summed E-state index contributed by atoms with van der Waals surface area (Å²) in [6, 6.07) is 16.0. The number of carbonyl (C=O) groups is 1. The van der Waals surface area contributed by atoms with E-state index in [2.05, 4.69) is 0 Å². The lowest BCUT2D eigenvalue weighted by Gasteiger charge is -2.08. The van der Waals surface area contributed by atoms with Crippen molar-refractivity contribution < 1.29 is 23.1 Å². The Morgan fingerprint density at radius 1 is 0.966 bits per heavy atom. The molecule has 4 aromatic rings. The summed E-state index contributed by atoms with van der Waals surface area (Å²) in [6.07, 6.45) is 1.17. The molecule has 0 aliphatic heterocycles. The van der Waals surface area contributed by atoms with Crippen molar-refractivity contribution >= 4 is 28.5 Å². The summed E-state index contributed by atoms with van der Waals surface area (Å²) in [5.41, 5.74) is 0.00457. The normalized spacial score (nSPS) is 10.7. The Kier molecular flexibility index (Phi) is 5.01. The van der Waals surface area contributed by atoms with Crippen molar-refractivity contribution in [3.63, 3.8) is 0 Å². The highest BCUT2D eigenvalue weighted by Gasteiger charge is 2.14. The van der Waals surface area contributed by atoms with Gasteiger partial charge in [0.2, 0.25) is 11.2 Å². The van der Waals surface area contributed by atoms with E-state index in [0.29, 0.717) is 10.8 Å². The summed E-state index contributed by atoms with van der Waals surface area (Å²) in [7, 11) is 0. The predicted octanol–water partition coefficient (Wildman–Crippen LogP) is 5.60. The van der Waals surface area contributed by atoms with Gasteiger partial charge in [-0.3, -0.25) is 4.79 Å². The van der Waals surface area contributed by atoms with E-state index in [9.17, 15) is 14.0 Å². The minimum atomic E-state index is -0.662. The van der Waals surface area contributed by atoms with Crippen molar-refractivity contribution in [1.29, 1.82) is 0 Å². The third-order valence-electron chi connectivity index (χ3n) is 4.06. The highest BCUT2D eigenvalue weighted by molar-refractivity contribution is 6.32. The van der Waals surface area contributed by atoms with Crippen molar-refractivity contribution in [2.24, 2.45) is 0 Å². The first-order valence-corrected chi connectivity index (χ1v) is 8.85. The number of esters is 1. The number of ether oxygens (including phenoxy) is 2. The second-order valence-electron chi connectivity index (χ2n) is 6.02. The van der Waals surface area contributed by atoms with Crippen LogP contribution in [0.3, 0.4) is 0 Å². The van der Waals surface area contributed by atoms with Gasteiger partial charge in [0.25, 0.3) is 0 Å². The van der Waals surface area contributed by atoms with E-state index in [4.69, 9.17) is 25.5 Å². The second-order valence-corrected chi connectivity index (χ2v) is 6.42. The molecule has 144 valence electrons. The molecule has 0 aliphatic rings. The Labute approximate surface area is 168 Å². The smallest absolute Gasteiger partial charge is 0.343 e. The van der Waals surface area contributed by atoms with Gasteiger partial charge in [-0.15, -0.1) is 0 Å². The van der Waals surface area contributed by atoms with Gasteiger partial charge in [0.1, 0.15) is 29.2 Å². The molecule has 0 radical (unpaired) electrons. The van der Waals surface area contributed by atoms with E-state index in [1.807, 2.05) is 0 Å². The summed E-state index contributed by atoms with van der Waals surface area (Å²) >= 11 is 6.05. The van der Waals surface area contributed by atoms with Gasteiger partial charge in [-0.1, -0.05) is 23.7 Å². The number of carbonyl (C=O) groups excluding carboxylic acids is 1. The molecular weight excluding hydrogens is 399 g/mol. The van der Waals surface area contributed by atoms with E-state index in [-0.39, 0.29) is 28.0 Å². The molecule has 1 heterocycles. The van der Waals surface area contributed by atoms with Crippen LogP contribution in [0.15, 0.2) is 82.2 Å². The van der Waals surface area contributed by atoms with Crippen LogP contribution in [0.5, 0.6) is 17.2 Å². The fraction of sp³-hybridized carbons (Fsp3) is 0. The molecule has 0 aliphatic carbocycles. The van der Waals surface area contributed by atoms with E-state index in [1.54, 1.807) is 24.3 Å². The molecule has 0 saturated heterocycles. The molecule has 7 heteroatoms. The van der Waals surface area contributed by atoms with E-state index in [0.717, 1.165) is 12.1 Å². The standard InChI is InChI=1S/C22H12ClFO5/c23-17-3-1-2-4-18(17)29-20-12-27-19-11-15(9-10-16(19)21(20)25)28-22(26)13-5-7-14(24)8-6-13/h1-12H. The zero-order chi connectivity index (χ0) is 20.4. The lowest BCUT2D eigenvalue weighted by molar-refractivity contribution is 0.0735. The molecule has 3 aromatic carbocycles. The third kappa shape index (κ3) is 3.97. The van der Waals surface area contributed by atoms with Gasteiger partial charge in [-0.25, -0.2) is 9.18 Å². The zero-order valence-electron chi connectivity index (χ0n) is 14.7. The van der Waals surface area contributed by atoms with Crippen LogP contribution < -0.4 is 14.9 Å². The number of hydrogen-bond donors (Lipinski definition) is 0. The average Bonchev–Trinajstić information content (AvgIpc) is 2.72. The van der Waals surface area contributed by atoms with E-state index in [1.165, 1.54) is 36.6 Å². The highest BCUT2D eigenvalue weighted by atomic mass is 35.5. The average molecular weight is 411 g/mol. The van der Waals surface area contributed by atoms with E-state index >= 15 is 0 Å². The van der Waals surface area contributed by atoms with Gasteiger partial charge >= 0.3 is 5.97 Å². The molecular formula is C22H12ClFO5. The fourth-order valence-electron chi connectivity index (χ4n) is 2.62. The molecule has 29 heavy (non-hydrogen) atoms. The Bertz CT molecular complexity index is 1260. The van der Waals surface area contributed by atoms with Crippen LogP contribution in [0.1, 0.15) is 10.4 Å². The van der Waals surface area contributed by atoms with Crippen LogP contribution in [0.2, 0.25) is 5.02 Å². The molecule has 0 atom stereocenters. The summed E-state index contributed by atoms with van der Waals surface area (Å²) in [6.45, 7) is 0. The lowest BCUT2D eigenvalue weighted by atomic mass is 10.2. The monoisotopic (exact) mass is 410 g/mol. The van der Waals surface area contributed by atoms with Crippen LogP contribution in [0, 0.1) is 5.82 Å². The molecule has 4 rings (SSSR count). The number of rotatable bonds is 4. The topological polar surface area (TPSA) is 65.7 Å². The minimum Gasteiger partial charge on any atom is -0.460 e. The van der Waals surface area contributed by atoms with Crippen LogP contribution in [0.4, 0.5) is 4.39 Å². The first-order chi connectivity index (χ1) is 14.0. The first kappa shape index (κ1) is 18.7. The Morgan fingerprint density at radius 3 is 2.48 bits per heavy atom. The Morgan fingerprint density at radius 2 is 1.72 bits per heavy atom. The number of para-hydroxylation sites is 1. The number of fused-ring (bicyclic) bond motifs is 1. The highest BCUT2D eigenvalue weighted by Crippen LogP contribution is 2.29. The second kappa shape index (κ2) is 7.77. The van der Waals surface area contributed by atoms with Crippen molar-refractivity contribution in [2.75, 3.05) is 0 Å². The van der Waals surface area contributed by atoms with Crippen molar-refractivity contribution in [3.05, 3.63) is 99.6 Å². The van der Waals surface area contributed by atoms with Gasteiger partial charge in [0.05, 0.1) is 16.0 Å². The maximum absolute atomic E-state index is 13.0. The lowest BCUT2D eigenvalue weighted by Crippen LogP contribution is -2.09. The third-order valence-corrected chi connectivity index (χ3v) is 4.37. The molecule has 0 saturated carbocycles. The fourth-order valence-corrected chi connectivity index (χ4v) is 2.80. The summed E-state index contributed by atoms with van der Waals surface area (Å²) in [5, 5.41) is 0.603. The summed E-state index contributed by atoms with van der Waals surface area (Å²) < 4.78 is 29.3. The predicted molar refractivity (Wildman–Crippen MR) is 105 cm³/mol. The van der Waals surface area contributed by atoms with Gasteiger partial charge in [-0.2, -0.15) is 0 Å². The van der Waals surface area contributed by atoms with Gasteiger partial charge in [0, 0.05) is 6.07 Å². The first-order valence-electron chi connectivity index (χ1n) is 8.47. The van der Waals surface area contributed by atoms with Crippen molar-refractivity contribution in [1.82, 2.24) is 0 Å². The molecule has 0 N–H and O–H groups in total. The number of halogens is 2. The Hall–Kier alpha value is -3.64.